The lowest BCUT2D eigenvalue weighted by molar-refractivity contribution is -0.143. The molecule has 0 aliphatic carbocycles. The van der Waals surface area contributed by atoms with Crippen LogP contribution in [0.2, 0.25) is 5.02 Å². The Labute approximate surface area is 121 Å². The first-order valence-electron chi connectivity index (χ1n) is 6.43. The maximum Gasteiger partial charge on any atom is 0.305 e. The molecular formula is C14H19ClO3S. The van der Waals surface area contributed by atoms with Gasteiger partial charge >= 0.3 is 5.97 Å². The number of halogens is 1. The van der Waals surface area contributed by atoms with Gasteiger partial charge in [-0.15, -0.1) is 0 Å². The van der Waals surface area contributed by atoms with E-state index in [0.29, 0.717) is 28.7 Å². The fourth-order valence-corrected chi connectivity index (χ4v) is 3.25. The molecule has 1 aromatic carbocycles. The minimum absolute atomic E-state index is 0.158. The standard InChI is InChI=1S/C14H19ClO3S/c1-2-18-14(16)10-4-3-7-11-19(17)13-9-6-5-8-12(13)15/h5-6,8-9H,2-4,7,10-11H2,1H3. The van der Waals surface area contributed by atoms with Gasteiger partial charge in [0.25, 0.3) is 0 Å². The van der Waals surface area contributed by atoms with E-state index in [1.165, 1.54) is 0 Å². The number of carbonyl (C=O) groups is 1. The first kappa shape index (κ1) is 16.2. The molecule has 0 amide bonds. The zero-order valence-electron chi connectivity index (χ0n) is 11.1. The zero-order valence-corrected chi connectivity index (χ0v) is 12.6. The van der Waals surface area contributed by atoms with E-state index in [0.717, 1.165) is 19.3 Å². The van der Waals surface area contributed by atoms with Crippen molar-refractivity contribution >= 4 is 28.4 Å². The third-order valence-corrected chi connectivity index (χ3v) is 4.55. The summed E-state index contributed by atoms with van der Waals surface area (Å²) >= 11 is 5.98. The second-order valence-electron chi connectivity index (χ2n) is 4.10. The molecule has 0 bridgehead atoms. The van der Waals surface area contributed by atoms with Crippen molar-refractivity contribution in [2.45, 2.75) is 37.5 Å². The van der Waals surface area contributed by atoms with E-state index in [2.05, 4.69) is 0 Å². The Morgan fingerprint density at radius 3 is 2.68 bits per heavy atom. The van der Waals surface area contributed by atoms with Crippen molar-refractivity contribution in [3.05, 3.63) is 29.3 Å². The molecule has 5 heteroatoms. The number of benzene rings is 1. The molecule has 0 saturated carbocycles. The van der Waals surface area contributed by atoms with Crippen molar-refractivity contribution in [1.29, 1.82) is 0 Å². The van der Waals surface area contributed by atoms with E-state index in [9.17, 15) is 9.00 Å². The Balaban J connectivity index is 2.21. The molecule has 0 fully saturated rings. The second kappa shape index (κ2) is 9.10. The van der Waals surface area contributed by atoms with E-state index in [4.69, 9.17) is 16.3 Å². The zero-order chi connectivity index (χ0) is 14.1. The van der Waals surface area contributed by atoms with Crippen LogP contribution in [0.5, 0.6) is 0 Å². The summed E-state index contributed by atoms with van der Waals surface area (Å²) in [7, 11) is -1.06. The van der Waals surface area contributed by atoms with Crippen LogP contribution in [0, 0.1) is 0 Å². The lowest BCUT2D eigenvalue weighted by Crippen LogP contribution is -2.04. The van der Waals surface area contributed by atoms with Crippen LogP contribution in [-0.4, -0.2) is 22.5 Å². The molecule has 0 aliphatic rings. The van der Waals surface area contributed by atoms with Crippen LogP contribution < -0.4 is 0 Å². The average molecular weight is 303 g/mol. The normalized spacial score (nSPS) is 12.1. The van der Waals surface area contributed by atoms with Gasteiger partial charge in [0.15, 0.2) is 0 Å². The van der Waals surface area contributed by atoms with Crippen LogP contribution in [0.3, 0.4) is 0 Å². The maximum atomic E-state index is 12.0. The lowest BCUT2D eigenvalue weighted by atomic mass is 10.2. The van der Waals surface area contributed by atoms with Gasteiger partial charge in [0.1, 0.15) is 0 Å². The minimum Gasteiger partial charge on any atom is -0.466 e. The largest absolute Gasteiger partial charge is 0.466 e. The third kappa shape index (κ3) is 6.21. The molecule has 0 saturated heterocycles. The minimum atomic E-state index is -1.06. The van der Waals surface area contributed by atoms with Gasteiger partial charge in [0.2, 0.25) is 0 Å². The molecule has 106 valence electrons. The van der Waals surface area contributed by atoms with Gasteiger partial charge in [-0.1, -0.05) is 30.2 Å². The monoisotopic (exact) mass is 302 g/mol. The molecule has 19 heavy (non-hydrogen) atoms. The molecule has 1 unspecified atom stereocenters. The quantitative estimate of drug-likeness (QED) is 0.544. The highest BCUT2D eigenvalue weighted by Crippen LogP contribution is 2.19. The predicted molar refractivity (Wildman–Crippen MR) is 77.8 cm³/mol. The molecule has 0 radical (unpaired) electrons. The topological polar surface area (TPSA) is 43.4 Å². The molecule has 1 atom stereocenters. The van der Waals surface area contributed by atoms with Crippen LogP contribution in [0.15, 0.2) is 29.2 Å². The summed E-state index contributed by atoms with van der Waals surface area (Å²) in [5.74, 6) is 0.418. The highest BCUT2D eigenvalue weighted by atomic mass is 35.5. The molecule has 0 spiro atoms. The van der Waals surface area contributed by atoms with Gasteiger partial charge < -0.3 is 4.74 Å². The molecule has 3 nitrogen and oxygen atoms in total. The number of hydrogen-bond donors (Lipinski definition) is 0. The highest BCUT2D eigenvalue weighted by Gasteiger charge is 2.08. The van der Waals surface area contributed by atoms with Crippen molar-refractivity contribution in [2.75, 3.05) is 12.4 Å². The summed E-state index contributed by atoms with van der Waals surface area (Å²) in [5, 5.41) is 0.548. The summed E-state index contributed by atoms with van der Waals surface area (Å²) < 4.78 is 16.8. The van der Waals surface area contributed by atoms with Crippen molar-refractivity contribution in [1.82, 2.24) is 0 Å². The number of esters is 1. The van der Waals surface area contributed by atoms with E-state index in [-0.39, 0.29) is 5.97 Å². The van der Waals surface area contributed by atoms with Gasteiger partial charge in [-0.2, -0.15) is 0 Å². The summed E-state index contributed by atoms with van der Waals surface area (Å²) in [5.41, 5.74) is 0. The predicted octanol–water partition coefficient (Wildman–Crippen LogP) is 3.57. The van der Waals surface area contributed by atoms with Gasteiger partial charge in [0, 0.05) is 12.2 Å². The molecule has 1 aromatic rings. The molecular weight excluding hydrogens is 284 g/mol. The van der Waals surface area contributed by atoms with Crippen molar-refractivity contribution in [2.24, 2.45) is 0 Å². The van der Waals surface area contributed by atoms with E-state index in [1.54, 1.807) is 19.1 Å². The lowest BCUT2D eigenvalue weighted by Gasteiger charge is -2.04. The van der Waals surface area contributed by atoms with Gasteiger partial charge in [-0.3, -0.25) is 9.00 Å². The van der Waals surface area contributed by atoms with Crippen molar-refractivity contribution in [3.8, 4) is 0 Å². The Morgan fingerprint density at radius 2 is 2.00 bits per heavy atom. The fraction of sp³-hybridized carbons (Fsp3) is 0.500. The van der Waals surface area contributed by atoms with Crippen LogP contribution >= 0.6 is 11.6 Å². The molecule has 0 aromatic heterocycles. The Hall–Kier alpha value is -0.870. The van der Waals surface area contributed by atoms with Crippen molar-refractivity contribution < 1.29 is 13.7 Å². The second-order valence-corrected chi connectivity index (χ2v) is 6.04. The average Bonchev–Trinajstić information content (AvgIpc) is 2.39. The Bertz CT molecular complexity index is 434. The van der Waals surface area contributed by atoms with Crippen LogP contribution in [0.25, 0.3) is 0 Å². The molecule has 1 rings (SSSR count). The SMILES string of the molecule is CCOC(=O)CCCCCS(=O)c1ccccc1Cl. The first-order valence-corrected chi connectivity index (χ1v) is 8.13. The van der Waals surface area contributed by atoms with E-state index in [1.807, 2.05) is 12.1 Å². The first-order chi connectivity index (χ1) is 9.15. The molecule has 0 N–H and O–H groups in total. The maximum absolute atomic E-state index is 12.0. The number of carbonyl (C=O) groups excluding carboxylic acids is 1. The van der Waals surface area contributed by atoms with Gasteiger partial charge in [-0.25, -0.2) is 0 Å². The number of ether oxygens (including phenoxy) is 1. The number of unbranched alkanes of at least 4 members (excludes halogenated alkanes) is 2. The summed E-state index contributed by atoms with van der Waals surface area (Å²) in [4.78, 5) is 11.8. The van der Waals surface area contributed by atoms with Gasteiger partial charge in [-0.05, 0) is 31.9 Å². The van der Waals surface area contributed by atoms with Crippen LogP contribution in [-0.2, 0) is 20.3 Å². The summed E-state index contributed by atoms with van der Waals surface area (Å²) in [6, 6.07) is 7.19. The van der Waals surface area contributed by atoms with Crippen LogP contribution in [0.1, 0.15) is 32.6 Å². The molecule has 0 heterocycles. The summed E-state index contributed by atoms with van der Waals surface area (Å²) in [6.45, 7) is 2.22. The number of hydrogen-bond acceptors (Lipinski definition) is 3. The fourth-order valence-electron chi connectivity index (χ4n) is 1.65. The Morgan fingerprint density at radius 1 is 1.26 bits per heavy atom. The summed E-state index contributed by atoms with van der Waals surface area (Å²) in [6.07, 6.45) is 2.90. The van der Waals surface area contributed by atoms with Crippen molar-refractivity contribution in [3.63, 3.8) is 0 Å². The van der Waals surface area contributed by atoms with Crippen LogP contribution in [0.4, 0.5) is 0 Å². The van der Waals surface area contributed by atoms with E-state index >= 15 is 0 Å². The number of rotatable bonds is 8. The Kier molecular flexibility index (Phi) is 7.75. The van der Waals surface area contributed by atoms with E-state index < -0.39 is 10.8 Å². The molecule has 0 aliphatic heterocycles. The highest BCUT2D eigenvalue weighted by molar-refractivity contribution is 7.85. The van der Waals surface area contributed by atoms with Gasteiger partial charge in [0.05, 0.1) is 27.3 Å². The smallest absolute Gasteiger partial charge is 0.305 e. The third-order valence-electron chi connectivity index (χ3n) is 2.60.